The summed E-state index contributed by atoms with van der Waals surface area (Å²) in [6, 6.07) is 14.5. The van der Waals surface area contributed by atoms with E-state index in [9.17, 15) is 29.7 Å². The van der Waals surface area contributed by atoms with E-state index in [1.54, 1.807) is 0 Å². The number of nitrogens with zero attached hydrogens (tertiary/aromatic N) is 1. The molecule has 0 aromatic heterocycles. The number of aliphatic hydroxyl groups excluding tert-OH is 2. The van der Waals surface area contributed by atoms with Crippen LogP contribution < -0.4 is 5.32 Å². The van der Waals surface area contributed by atoms with Crippen LogP contribution >= 0.6 is 0 Å². The van der Waals surface area contributed by atoms with Gasteiger partial charge in [0.15, 0.2) is 0 Å². The zero-order valence-corrected chi connectivity index (χ0v) is 18.6. The Morgan fingerprint density at radius 2 is 1.68 bits per heavy atom. The molecule has 2 aromatic rings. The highest BCUT2D eigenvalue weighted by Gasteiger charge is 2.35. The van der Waals surface area contributed by atoms with Crippen LogP contribution in [0, 0.1) is 5.92 Å². The molecule has 1 aliphatic heterocycles. The Balaban J connectivity index is 1.42. The third kappa shape index (κ3) is 4.90. The predicted octanol–water partition coefficient (Wildman–Crippen LogP) is 1.57. The second-order valence-electron chi connectivity index (χ2n) is 8.70. The number of ether oxygens (including phenoxy) is 1. The molecular weight excluding hydrogens is 440 g/mol. The van der Waals surface area contributed by atoms with E-state index in [0.717, 1.165) is 22.3 Å². The monoisotopic (exact) mass is 468 g/mol. The van der Waals surface area contributed by atoms with Crippen LogP contribution in [0.1, 0.15) is 29.9 Å². The molecule has 1 heterocycles. The second kappa shape index (κ2) is 10.2. The van der Waals surface area contributed by atoms with Gasteiger partial charge in [-0.2, -0.15) is 0 Å². The van der Waals surface area contributed by atoms with Gasteiger partial charge < -0.3 is 30.3 Å². The molecule has 3 atom stereocenters. The molecule has 3 unspecified atom stereocenters. The van der Waals surface area contributed by atoms with Gasteiger partial charge in [-0.25, -0.2) is 4.79 Å². The lowest BCUT2D eigenvalue weighted by molar-refractivity contribution is -0.144. The fourth-order valence-electron chi connectivity index (χ4n) is 4.78. The van der Waals surface area contributed by atoms with Gasteiger partial charge in [0.05, 0.1) is 19.1 Å². The van der Waals surface area contributed by atoms with E-state index in [4.69, 9.17) is 4.74 Å². The number of carboxylic acid groups (broad SMARTS) is 1. The minimum absolute atomic E-state index is 0.0380. The Labute approximate surface area is 197 Å². The molecule has 4 N–H and O–H groups in total. The summed E-state index contributed by atoms with van der Waals surface area (Å²) in [6.07, 6.45) is -1.95. The summed E-state index contributed by atoms with van der Waals surface area (Å²) in [5.74, 6) is -2.51. The molecule has 2 aromatic carbocycles. The Morgan fingerprint density at radius 1 is 1.06 bits per heavy atom. The number of fused-ring (bicyclic) bond motifs is 3. The minimum atomic E-state index is -1.32. The van der Waals surface area contributed by atoms with Crippen LogP contribution in [0.25, 0.3) is 11.1 Å². The second-order valence-corrected chi connectivity index (χ2v) is 8.70. The highest BCUT2D eigenvalue weighted by molar-refractivity contribution is 5.89. The molecule has 1 aliphatic carbocycles. The van der Waals surface area contributed by atoms with Crippen LogP contribution in [-0.2, 0) is 14.3 Å². The number of piperidine rings is 1. The van der Waals surface area contributed by atoms with Crippen molar-refractivity contribution in [2.75, 3.05) is 26.3 Å². The topological polar surface area (TPSA) is 136 Å². The van der Waals surface area contributed by atoms with Crippen LogP contribution in [0.2, 0.25) is 0 Å². The molecule has 0 saturated carbocycles. The Kier molecular flexibility index (Phi) is 7.14. The summed E-state index contributed by atoms with van der Waals surface area (Å²) < 4.78 is 5.45. The zero-order chi connectivity index (χ0) is 24.2. The first-order chi connectivity index (χ1) is 16.4. The molecule has 1 fully saturated rings. The standard InChI is InChI=1S/C25H28N2O7/c28-13-15-12-27(10-9-22(15)29)24(32)21(11-23(30)31)26-25(33)34-14-20-18-7-3-1-5-16(18)17-6-2-4-8-19(17)20/h1-8,15,20-22,28-29H,9-14H2,(H,26,33)(H,30,31). The van der Waals surface area contributed by atoms with Crippen molar-refractivity contribution in [1.82, 2.24) is 10.2 Å². The maximum Gasteiger partial charge on any atom is 0.407 e. The van der Waals surface area contributed by atoms with Gasteiger partial charge in [0, 0.05) is 24.9 Å². The number of likely N-dealkylation sites (tertiary alicyclic amines) is 1. The summed E-state index contributed by atoms with van der Waals surface area (Å²) in [5.41, 5.74) is 4.24. The fourth-order valence-corrected chi connectivity index (χ4v) is 4.78. The largest absolute Gasteiger partial charge is 0.481 e. The summed E-state index contributed by atoms with van der Waals surface area (Å²) in [7, 11) is 0. The number of carbonyl (C=O) groups excluding carboxylic acids is 2. The average molecular weight is 469 g/mol. The first kappa shape index (κ1) is 23.7. The van der Waals surface area contributed by atoms with E-state index in [0.29, 0.717) is 0 Å². The molecular formula is C25H28N2O7. The normalized spacial score (nSPS) is 20.2. The van der Waals surface area contributed by atoms with E-state index in [1.165, 1.54) is 4.90 Å². The van der Waals surface area contributed by atoms with Crippen LogP contribution in [-0.4, -0.2) is 76.6 Å². The number of nitrogens with one attached hydrogen (secondary N) is 1. The Bertz CT molecular complexity index is 1030. The van der Waals surface area contributed by atoms with Crippen molar-refractivity contribution in [3.05, 3.63) is 59.7 Å². The number of carboxylic acids is 1. The van der Waals surface area contributed by atoms with E-state index in [1.807, 2.05) is 48.5 Å². The summed E-state index contributed by atoms with van der Waals surface area (Å²) in [5, 5.41) is 31.0. The fraction of sp³-hybridized carbons (Fsp3) is 0.400. The Morgan fingerprint density at radius 3 is 2.26 bits per heavy atom. The Hall–Kier alpha value is -3.43. The summed E-state index contributed by atoms with van der Waals surface area (Å²) >= 11 is 0. The first-order valence-electron chi connectivity index (χ1n) is 11.3. The van der Waals surface area contributed by atoms with Crippen molar-refractivity contribution >= 4 is 18.0 Å². The summed E-state index contributed by atoms with van der Waals surface area (Å²) in [4.78, 5) is 38.3. The number of aliphatic hydroxyl groups is 2. The van der Waals surface area contributed by atoms with Gasteiger partial charge in [0.1, 0.15) is 12.6 Å². The molecule has 9 nitrogen and oxygen atoms in total. The zero-order valence-electron chi connectivity index (χ0n) is 18.6. The number of aliphatic carboxylic acids is 1. The van der Waals surface area contributed by atoms with Crippen molar-refractivity contribution in [2.24, 2.45) is 5.92 Å². The highest BCUT2D eigenvalue weighted by Crippen LogP contribution is 2.44. The maximum absolute atomic E-state index is 13.0. The molecule has 9 heteroatoms. The molecule has 0 radical (unpaired) electrons. The maximum atomic E-state index is 13.0. The lowest BCUT2D eigenvalue weighted by atomic mass is 9.95. The number of alkyl carbamates (subject to hydrolysis) is 1. The van der Waals surface area contributed by atoms with Gasteiger partial charge in [-0.3, -0.25) is 9.59 Å². The van der Waals surface area contributed by atoms with E-state index >= 15 is 0 Å². The molecule has 34 heavy (non-hydrogen) atoms. The van der Waals surface area contributed by atoms with E-state index < -0.39 is 42.5 Å². The molecule has 0 bridgehead atoms. The first-order valence-corrected chi connectivity index (χ1v) is 11.3. The van der Waals surface area contributed by atoms with E-state index in [2.05, 4.69) is 5.32 Å². The molecule has 2 amide bonds. The third-order valence-electron chi connectivity index (χ3n) is 6.55. The summed E-state index contributed by atoms with van der Waals surface area (Å²) in [6.45, 7) is 0.0304. The van der Waals surface area contributed by atoms with Crippen LogP contribution in [0.4, 0.5) is 4.79 Å². The number of rotatable bonds is 7. The number of carbonyl (C=O) groups is 3. The molecule has 180 valence electrons. The molecule has 2 aliphatic rings. The van der Waals surface area contributed by atoms with Gasteiger partial charge in [-0.05, 0) is 28.7 Å². The van der Waals surface area contributed by atoms with Crippen molar-refractivity contribution < 1.29 is 34.4 Å². The lowest BCUT2D eigenvalue weighted by Crippen LogP contribution is -2.54. The lowest BCUT2D eigenvalue weighted by Gasteiger charge is -2.36. The highest BCUT2D eigenvalue weighted by atomic mass is 16.5. The number of hydrogen-bond donors (Lipinski definition) is 4. The SMILES string of the molecule is O=C(O)CC(NC(=O)OCC1c2ccccc2-c2ccccc21)C(=O)N1CCC(O)C(CO)C1. The quantitative estimate of drug-likeness (QED) is 0.484. The number of hydrogen-bond acceptors (Lipinski definition) is 6. The van der Waals surface area contributed by atoms with Gasteiger partial charge in [-0.1, -0.05) is 48.5 Å². The number of benzene rings is 2. The van der Waals surface area contributed by atoms with Crippen molar-refractivity contribution in [1.29, 1.82) is 0 Å². The van der Waals surface area contributed by atoms with Crippen LogP contribution in [0.5, 0.6) is 0 Å². The minimum Gasteiger partial charge on any atom is -0.481 e. The van der Waals surface area contributed by atoms with Crippen molar-refractivity contribution in [3.63, 3.8) is 0 Å². The predicted molar refractivity (Wildman–Crippen MR) is 122 cm³/mol. The van der Waals surface area contributed by atoms with Gasteiger partial charge in [0.2, 0.25) is 5.91 Å². The number of amides is 2. The third-order valence-corrected chi connectivity index (χ3v) is 6.55. The van der Waals surface area contributed by atoms with Crippen molar-refractivity contribution in [2.45, 2.75) is 30.9 Å². The molecule has 1 saturated heterocycles. The van der Waals surface area contributed by atoms with Gasteiger partial charge in [0.25, 0.3) is 0 Å². The van der Waals surface area contributed by atoms with E-state index in [-0.39, 0.29) is 38.6 Å². The van der Waals surface area contributed by atoms with Crippen molar-refractivity contribution in [3.8, 4) is 11.1 Å². The molecule has 4 rings (SSSR count). The van der Waals surface area contributed by atoms with Crippen LogP contribution in [0.15, 0.2) is 48.5 Å². The van der Waals surface area contributed by atoms with Crippen LogP contribution in [0.3, 0.4) is 0 Å². The average Bonchev–Trinajstić information content (AvgIpc) is 3.15. The smallest absolute Gasteiger partial charge is 0.407 e. The van der Waals surface area contributed by atoms with Gasteiger partial charge in [-0.15, -0.1) is 0 Å². The van der Waals surface area contributed by atoms with Gasteiger partial charge >= 0.3 is 12.1 Å². The molecule has 0 spiro atoms.